The van der Waals surface area contributed by atoms with Crippen molar-refractivity contribution in [2.24, 2.45) is 0 Å². The summed E-state index contributed by atoms with van der Waals surface area (Å²) in [6.45, 7) is 0. The number of hydrogen-bond acceptors (Lipinski definition) is 1. The van der Waals surface area contributed by atoms with Gasteiger partial charge in [-0.2, -0.15) is 13.2 Å². The van der Waals surface area contributed by atoms with Crippen LogP contribution >= 0.6 is 0 Å². The first kappa shape index (κ1) is 13.3. The minimum atomic E-state index is -4.59. The van der Waals surface area contributed by atoms with E-state index in [0.717, 1.165) is 12.1 Å². The van der Waals surface area contributed by atoms with Crippen molar-refractivity contribution in [2.75, 3.05) is 0 Å². The van der Waals surface area contributed by atoms with Crippen LogP contribution in [0.3, 0.4) is 0 Å². The van der Waals surface area contributed by atoms with E-state index in [-0.39, 0.29) is 16.7 Å². The normalized spacial score (nSPS) is 11.4. The SMILES string of the molecule is O=Cc1ccccc1-c1ccc(C(F)(F)F)cc1F. The maximum Gasteiger partial charge on any atom is 0.416 e. The fraction of sp³-hybridized carbons (Fsp3) is 0.0714. The molecule has 0 spiro atoms. The van der Waals surface area contributed by atoms with Gasteiger partial charge in [-0.05, 0) is 17.7 Å². The number of carbonyl (C=O) groups excluding carboxylic acids is 1. The number of alkyl halides is 3. The van der Waals surface area contributed by atoms with E-state index in [9.17, 15) is 22.4 Å². The summed E-state index contributed by atoms with van der Waals surface area (Å²) in [6.07, 6.45) is -4.06. The van der Waals surface area contributed by atoms with Crippen molar-refractivity contribution in [3.05, 3.63) is 59.4 Å². The maximum atomic E-state index is 13.8. The zero-order valence-electron chi connectivity index (χ0n) is 9.54. The van der Waals surface area contributed by atoms with E-state index in [1.54, 1.807) is 12.1 Å². The molecule has 0 N–H and O–H groups in total. The van der Waals surface area contributed by atoms with Gasteiger partial charge in [0.25, 0.3) is 0 Å². The largest absolute Gasteiger partial charge is 0.416 e. The predicted octanol–water partition coefficient (Wildman–Crippen LogP) is 4.32. The summed E-state index contributed by atoms with van der Waals surface area (Å²) < 4.78 is 51.0. The molecule has 0 aliphatic rings. The van der Waals surface area contributed by atoms with Crippen LogP contribution in [0.5, 0.6) is 0 Å². The third kappa shape index (κ3) is 2.65. The lowest BCUT2D eigenvalue weighted by Crippen LogP contribution is -2.05. The summed E-state index contributed by atoms with van der Waals surface area (Å²) >= 11 is 0. The van der Waals surface area contributed by atoms with Gasteiger partial charge in [-0.15, -0.1) is 0 Å². The van der Waals surface area contributed by atoms with Gasteiger partial charge in [0.1, 0.15) is 5.82 Å². The molecule has 0 fully saturated rings. The van der Waals surface area contributed by atoms with Gasteiger partial charge in [0.05, 0.1) is 5.56 Å². The average molecular weight is 268 g/mol. The molecule has 0 radical (unpaired) electrons. The Kier molecular flexibility index (Phi) is 3.38. The molecule has 0 amide bonds. The number of halogens is 4. The highest BCUT2D eigenvalue weighted by atomic mass is 19.4. The van der Waals surface area contributed by atoms with Crippen LogP contribution in [0.25, 0.3) is 11.1 Å². The van der Waals surface area contributed by atoms with E-state index in [1.807, 2.05) is 0 Å². The minimum absolute atomic E-state index is 0.0318. The van der Waals surface area contributed by atoms with Crippen molar-refractivity contribution < 1.29 is 22.4 Å². The molecule has 1 nitrogen and oxygen atoms in total. The number of benzene rings is 2. The summed E-state index contributed by atoms with van der Waals surface area (Å²) in [5.41, 5.74) is -0.599. The fourth-order valence-electron chi connectivity index (χ4n) is 1.75. The summed E-state index contributed by atoms with van der Waals surface area (Å²) in [5.74, 6) is -1.01. The van der Waals surface area contributed by atoms with Crippen molar-refractivity contribution >= 4 is 6.29 Å². The van der Waals surface area contributed by atoms with Crippen molar-refractivity contribution in [2.45, 2.75) is 6.18 Å². The molecule has 0 unspecified atom stereocenters. The van der Waals surface area contributed by atoms with Crippen LogP contribution in [0, 0.1) is 5.82 Å². The van der Waals surface area contributed by atoms with E-state index >= 15 is 0 Å². The first-order chi connectivity index (χ1) is 8.93. The summed E-state index contributed by atoms with van der Waals surface area (Å²) in [7, 11) is 0. The summed E-state index contributed by atoms with van der Waals surface area (Å²) in [5, 5.41) is 0. The van der Waals surface area contributed by atoms with Gasteiger partial charge in [0.2, 0.25) is 0 Å². The van der Waals surface area contributed by atoms with E-state index in [1.165, 1.54) is 12.1 Å². The zero-order valence-corrected chi connectivity index (χ0v) is 9.54. The standard InChI is InChI=1S/C14H8F4O/c15-13-7-10(14(16,17)18)5-6-12(13)11-4-2-1-3-9(11)8-19/h1-8H. The maximum absolute atomic E-state index is 13.8. The lowest BCUT2D eigenvalue weighted by Gasteiger charge is -2.10. The van der Waals surface area contributed by atoms with Crippen LogP contribution in [0.2, 0.25) is 0 Å². The predicted molar refractivity (Wildman–Crippen MR) is 62.2 cm³/mol. The molecule has 0 aliphatic carbocycles. The molecule has 2 aromatic rings. The lowest BCUT2D eigenvalue weighted by molar-refractivity contribution is -0.137. The second kappa shape index (κ2) is 4.84. The molecule has 19 heavy (non-hydrogen) atoms. The highest BCUT2D eigenvalue weighted by Crippen LogP contribution is 2.33. The Bertz CT molecular complexity index is 617. The van der Waals surface area contributed by atoms with Gasteiger partial charge < -0.3 is 0 Å². The van der Waals surface area contributed by atoms with Gasteiger partial charge in [0.15, 0.2) is 6.29 Å². The van der Waals surface area contributed by atoms with Crippen LogP contribution in [-0.2, 0) is 6.18 Å². The fourth-order valence-corrected chi connectivity index (χ4v) is 1.75. The number of carbonyl (C=O) groups is 1. The van der Waals surface area contributed by atoms with Crippen LogP contribution in [-0.4, -0.2) is 6.29 Å². The third-order valence-corrected chi connectivity index (χ3v) is 2.67. The molecule has 5 heteroatoms. The van der Waals surface area contributed by atoms with E-state index in [4.69, 9.17) is 0 Å². The molecule has 2 aromatic carbocycles. The van der Waals surface area contributed by atoms with E-state index in [2.05, 4.69) is 0 Å². The highest BCUT2D eigenvalue weighted by Gasteiger charge is 2.31. The van der Waals surface area contributed by atoms with Gasteiger partial charge in [-0.1, -0.05) is 30.3 Å². The molecular formula is C14H8F4O. The van der Waals surface area contributed by atoms with Crippen molar-refractivity contribution in [1.82, 2.24) is 0 Å². The van der Waals surface area contributed by atoms with Crippen LogP contribution < -0.4 is 0 Å². The Hall–Kier alpha value is -2.17. The monoisotopic (exact) mass is 268 g/mol. The Morgan fingerprint density at radius 2 is 1.63 bits per heavy atom. The molecule has 0 aliphatic heterocycles. The number of aldehydes is 1. The number of hydrogen-bond donors (Lipinski definition) is 0. The van der Waals surface area contributed by atoms with Gasteiger partial charge in [-0.3, -0.25) is 4.79 Å². The second-order valence-electron chi connectivity index (χ2n) is 3.90. The summed E-state index contributed by atoms with van der Waals surface area (Å²) in [6, 6.07) is 8.38. The second-order valence-corrected chi connectivity index (χ2v) is 3.90. The topological polar surface area (TPSA) is 17.1 Å². The smallest absolute Gasteiger partial charge is 0.298 e. The molecule has 0 aromatic heterocycles. The molecular weight excluding hydrogens is 260 g/mol. The van der Waals surface area contributed by atoms with E-state index in [0.29, 0.717) is 12.4 Å². The van der Waals surface area contributed by atoms with Crippen molar-refractivity contribution in [1.29, 1.82) is 0 Å². The van der Waals surface area contributed by atoms with Gasteiger partial charge in [-0.25, -0.2) is 4.39 Å². The average Bonchev–Trinajstić information content (AvgIpc) is 2.37. The summed E-state index contributed by atoms with van der Waals surface area (Å²) in [4.78, 5) is 10.8. The Balaban J connectivity index is 2.56. The lowest BCUT2D eigenvalue weighted by atomic mass is 9.98. The first-order valence-electron chi connectivity index (χ1n) is 5.35. The zero-order chi connectivity index (χ0) is 14.0. The Labute approximate surface area is 106 Å². The van der Waals surface area contributed by atoms with Crippen LogP contribution in [0.1, 0.15) is 15.9 Å². The van der Waals surface area contributed by atoms with Crippen LogP contribution in [0.15, 0.2) is 42.5 Å². The molecule has 0 saturated carbocycles. The Morgan fingerprint density at radius 3 is 2.21 bits per heavy atom. The highest BCUT2D eigenvalue weighted by molar-refractivity contribution is 5.87. The first-order valence-corrected chi connectivity index (χ1v) is 5.35. The molecule has 98 valence electrons. The minimum Gasteiger partial charge on any atom is -0.298 e. The molecule has 0 atom stereocenters. The quantitative estimate of drug-likeness (QED) is 0.585. The van der Waals surface area contributed by atoms with Crippen molar-refractivity contribution in [3.63, 3.8) is 0 Å². The van der Waals surface area contributed by atoms with E-state index < -0.39 is 17.6 Å². The number of rotatable bonds is 2. The Morgan fingerprint density at radius 1 is 0.947 bits per heavy atom. The van der Waals surface area contributed by atoms with Gasteiger partial charge >= 0.3 is 6.18 Å². The third-order valence-electron chi connectivity index (χ3n) is 2.67. The molecule has 0 bridgehead atoms. The molecule has 0 saturated heterocycles. The molecule has 0 heterocycles. The van der Waals surface area contributed by atoms with Crippen LogP contribution in [0.4, 0.5) is 17.6 Å². The molecule has 2 rings (SSSR count). The van der Waals surface area contributed by atoms with Crippen molar-refractivity contribution in [3.8, 4) is 11.1 Å². The van der Waals surface area contributed by atoms with Gasteiger partial charge in [0, 0.05) is 11.1 Å².